The zero-order valence-electron chi connectivity index (χ0n) is 15.4. The van der Waals surface area contributed by atoms with Crippen molar-refractivity contribution in [3.05, 3.63) is 35.7 Å². The van der Waals surface area contributed by atoms with E-state index < -0.39 is 24.5 Å². The summed E-state index contributed by atoms with van der Waals surface area (Å²) in [6.07, 6.45) is 1.11. The molecule has 1 fully saturated rings. The molecule has 28 heavy (non-hydrogen) atoms. The zero-order chi connectivity index (χ0) is 20.4. The molecule has 2 heterocycles. The lowest BCUT2D eigenvalue weighted by molar-refractivity contribution is -0.144. The highest BCUT2D eigenvalue weighted by molar-refractivity contribution is 5.96. The van der Waals surface area contributed by atoms with Gasteiger partial charge in [-0.1, -0.05) is 12.1 Å². The number of alkyl halides is 2. The predicted molar refractivity (Wildman–Crippen MR) is 93.6 cm³/mol. The highest BCUT2D eigenvalue weighted by atomic mass is 19.3. The molecule has 1 N–H and O–H groups in total. The highest BCUT2D eigenvalue weighted by Crippen LogP contribution is 2.25. The summed E-state index contributed by atoms with van der Waals surface area (Å²) in [7, 11) is 0. The van der Waals surface area contributed by atoms with Crippen LogP contribution in [0, 0.1) is 12.8 Å². The van der Waals surface area contributed by atoms with E-state index in [1.165, 1.54) is 33.8 Å². The Balaban J connectivity index is 1.84. The monoisotopic (exact) mass is 394 g/mol. The van der Waals surface area contributed by atoms with Crippen LogP contribution in [0.25, 0.3) is 5.69 Å². The van der Waals surface area contributed by atoms with Crippen molar-refractivity contribution >= 4 is 11.9 Å². The van der Waals surface area contributed by atoms with Gasteiger partial charge in [0.25, 0.3) is 5.91 Å². The number of hydrogen-bond donors (Lipinski definition) is 1. The van der Waals surface area contributed by atoms with E-state index >= 15 is 0 Å². The molecule has 0 spiro atoms. The van der Waals surface area contributed by atoms with Crippen LogP contribution in [0.3, 0.4) is 0 Å². The van der Waals surface area contributed by atoms with Gasteiger partial charge in [0.2, 0.25) is 0 Å². The molecule has 1 amide bonds. The van der Waals surface area contributed by atoms with Crippen LogP contribution in [-0.2, 0) is 4.79 Å². The number of nitrogens with zero attached hydrogens (tertiary/aromatic N) is 4. The van der Waals surface area contributed by atoms with E-state index in [2.05, 4.69) is 15.0 Å². The van der Waals surface area contributed by atoms with E-state index in [0.717, 1.165) is 0 Å². The molecule has 0 saturated carbocycles. The minimum Gasteiger partial charge on any atom is -0.480 e. The molecular weight excluding hydrogens is 374 g/mol. The van der Waals surface area contributed by atoms with Crippen molar-refractivity contribution in [3.63, 3.8) is 0 Å². The standard InChI is InChI=1S/C18H20F2N4O4/c1-10-7-8-23(14(9-10)17(26)27)16(25)15-11(2)24(22-21-15)12-3-5-13(6-4-12)28-18(19)20/h3-6,10,14,18H,7-9H2,1-2H3,(H,26,27). The van der Waals surface area contributed by atoms with Gasteiger partial charge in [-0.05, 0) is 49.9 Å². The number of carbonyl (C=O) groups excluding carboxylic acids is 1. The van der Waals surface area contributed by atoms with Gasteiger partial charge in [0.1, 0.15) is 11.8 Å². The smallest absolute Gasteiger partial charge is 0.387 e. The molecule has 1 aromatic heterocycles. The minimum atomic E-state index is -2.92. The van der Waals surface area contributed by atoms with Crippen molar-refractivity contribution in [2.45, 2.75) is 39.3 Å². The number of benzene rings is 1. The van der Waals surface area contributed by atoms with Crippen LogP contribution in [-0.4, -0.2) is 56.1 Å². The summed E-state index contributed by atoms with van der Waals surface area (Å²) in [5.74, 6) is -1.31. The van der Waals surface area contributed by atoms with E-state index in [1.54, 1.807) is 6.92 Å². The molecule has 8 nitrogen and oxygen atoms in total. The lowest BCUT2D eigenvalue weighted by Crippen LogP contribution is -2.50. The second-order valence-electron chi connectivity index (χ2n) is 6.79. The zero-order valence-corrected chi connectivity index (χ0v) is 15.4. The van der Waals surface area contributed by atoms with Crippen molar-refractivity contribution in [1.82, 2.24) is 19.9 Å². The number of aromatic nitrogens is 3. The number of rotatable bonds is 5. The minimum absolute atomic E-state index is 0.000412. The number of likely N-dealkylation sites (tertiary alicyclic amines) is 1. The van der Waals surface area contributed by atoms with Crippen molar-refractivity contribution in [2.24, 2.45) is 5.92 Å². The van der Waals surface area contributed by atoms with Gasteiger partial charge in [0.05, 0.1) is 11.4 Å². The van der Waals surface area contributed by atoms with Crippen molar-refractivity contribution < 1.29 is 28.2 Å². The maximum Gasteiger partial charge on any atom is 0.387 e. The van der Waals surface area contributed by atoms with Crippen LogP contribution < -0.4 is 4.74 Å². The molecule has 1 saturated heterocycles. The van der Waals surface area contributed by atoms with E-state index in [4.69, 9.17) is 0 Å². The topological polar surface area (TPSA) is 97.5 Å². The molecule has 1 aliphatic rings. The maximum atomic E-state index is 12.9. The molecule has 150 valence electrons. The summed E-state index contributed by atoms with van der Waals surface area (Å²) < 4.78 is 30.2. The first kappa shape index (κ1) is 19.7. The first-order chi connectivity index (χ1) is 13.3. The lowest BCUT2D eigenvalue weighted by atomic mass is 9.92. The Kier molecular flexibility index (Phi) is 5.57. The molecule has 1 aliphatic heterocycles. The Morgan fingerprint density at radius 1 is 1.29 bits per heavy atom. The van der Waals surface area contributed by atoms with Crippen molar-refractivity contribution in [2.75, 3.05) is 6.54 Å². The predicted octanol–water partition coefficient (Wildman–Crippen LogP) is 2.50. The number of hydrogen-bond acceptors (Lipinski definition) is 5. The molecule has 0 bridgehead atoms. The Hall–Kier alpha value is -3.04. The van der Waals surface area contributed by atoms with Crippen molar-refractivity contribution in [1.29, 1.82) is 0 Å². The number of piperidine rings is 1. The number of aliphatic carboxylic acids is 1. The second-order valence-corrected chi connectivity index (χ2v) is 6.79. The Morgan fingerprint density at radius 3 is 2.57 bits per heavy atom. The molecule has 10 heteroatoms. The molecule has 0 aliphatic carbocycles. The van der Waals surface area contributed by atoms with Gasteiger partial charge in [-0.15, -0.1) is 5.10 Å². The third kappa shape index (κ3) is 3.95. The van der Waals surface area contributed by atoms with E-state index in [9.17, 15) is 23.5 Å². The SMILES string of the molecule is Cc1c(C(=O)N2CCC(C)CC2C(=O)O)nnn1-c1ccc(OC(F)F)cc1. The summed E-state index contributed by atoms with van der Waals surface area (Å²) in [6, 6.07) is 4.84. The number of carboxylic acid groups (broad SMARTS) is 1. The van der Waals surface area contributed by atoms with Gasteiger partial charge in [0.15, 0.2) is 5.69 Å². The van der Waals surface area contributed by atoms with E-state index in [0.29, 0.717) is 30.8 Å². The third-order valence-corrected chi connectivity index (χ3v) is 4.81. The van der Waals surface area contributed by atoms with Crippen molar-refractivity contribution in [3.8, 4) is 11.4 Å². The number of carbonyl (C=O) groups is 2. The van der Waals surface area contributed by atoms with Crippen LogP contribution in [0.15, 0.2) is 24.3 Å². The summed E-state index contributed by atoms with van der Waals surface area (Å²) in [5.41, 5.74) is 0.997. The molecule has 2 atom stereocenters. The Bertz CT molecular complexity index is 869. The summed E-state index contributed by atoms with van der Waals surface area (Å²) >= 11 is 0. The maximum absolute atomic E-state index is 12.9. The van der Waals surface area contributed by atoms with Gasteiger partial charge >= 0.3 is 12.6 Å². The Labute approximate surface area is 159 Å². The second kappa shape index (κ2) is 7.91. The molecule has 2 aromatic rings. The number of amides is 1. The molecule has 0 radical (unpaired) electrons. The first-order valence-corrected chi connectivity index (χ1v) is 8.79. The normalized spacial score (nSPS) is 19.7. The summed E-state index contributed by atoms with van der Waals surface area (Å²) in [6.45, 7) is 1.01. The van der Waals surface area contributed by atoms with Crippen LogP contribution in [0.5, 0.6) is 5.75 Å². The fourth-order valence-corrected chi connectivity index (χ4v) is 3.30. The van der Waals surface area contributed by atoms with E-state index in [1.807, 2.05) is 6.92 Å². The van der Waals surface area contributed by atoms with Crippen LogP contribution >= 0.6 is 0 Å². The highest BCUT2D eigenvalue weighted by Gasteiger charge is 2.37. The molecule has 1 aromatic carbocycles. The third-order valence-electron chi connectivity index (χ3n) is 4.81. The van der Waals surface area contributed by atoms with Gasteiger partial charge in [-0.3, -0.25) is 4.79 Å². The summed E-state index contributed by atoms with van der Waals surface area (Å²) in [5, 5.41) is 17.4. The van der Waals surface area contributed by atoms with Gasteiger partial charge in [0, 0.05) is 6.54 Å². The quantitative estimate of drug-likeness (QED) is 0.837. The number of halogens is 2. The van der Waals surface area contributed by atoms with Crippen LogP contribution in [0.4, 0.5) is 8.78 Å². The van der Waals surface area contributed by atoms with Gasteiger partial charge in [-0.2, -0.15) is 8.78 Å². The largest absolute Gasteiger partial charge is 0.480 e. The molecule has 2 unspecified atom stereocenters. The molecule has 3 rings (SSSR count). The average Bonchev–Trinajstić information content (AvgIpc) is 3.02. The van der Waals surface area contributed by atoms with Crippen LogP contribution in [0.2, 0.25) is 0 Å². The average molecular weight is 394 g/mol. The lowest BCUT2D eigenvalue weighted by Gasteiger charge is -2.35. The van der Waals surface area contributed by atoms with Crippen LogP contribution in [0.1, 0.15) is 35.9 Å². The van der Waals surface area contributed by atoms with Gasteiger partial charge < -0.3 is 14.7 Å². The number of ether oxygens (including phenoxy) is 1. The fourth-order valence-electron chi connectivity index (χ4n) is 3.30. The Morgan fingerprint density at radius 2 is 1.96 bits per heavy atom. The van der Waals surface area contributed by atoms with Gasteiger partial charge in [-0.25, -0.2) is 9.48 Å². The molecular formula is C18H20F2N4O4. The van der Waals surface area contributed by atoms with E-state index in [-0.39, 0.29) is 17.4 Å². The summed E-state index contributed by atoms with van der Waals surface area (Å²) in [4.78, 5) is 25.8. The number of carboxylic acids is 1. The first-order valence-electron chi connectivity index (χ1n) is 8.79. The fraction of sp³-hybridized carbons (Fsp3) is 0.444.